The highest BCUT2D eigenvalue weighted by atomic mass is 32.1. The second-order valence-electron chi connectivity index (χ2n) is 4.71. The van der Waals surface area contributed by atoms with Crippen molar-refractivity contribution in [3.8, 4) is 15.6 Å². The third-order valence-electron chi connectivity index (χ3n) is 3.06. The fourth-order valence-corrected chi connectivity index (χ4v) is 3.59. The van der Waals surface area contributed by atoms with Crippen LogP contribution in [0.25, 0.3) is 9.88 Å². The first-order valence-corrected chi connectivity index (χ1v) is 8.63. The summed E-state index contributed by atoms with van der Waals surface area (Å²) in [7, 11) is 0. The van der Waals surface area contributed by atoms with Gasteiger partial charge in [0.1, 0.15) is 15.6 Å². The van der Waals surface area contributed by atoms with Gasteiger partial charge in [0, 0.05) is 6.54 Å². The normalized spacial score (nSPS) is 10.8. The van der Waals surface area contributed by atoms with E-state index in [0.717, 1.165) is 15.4 Å². The Morgan fingerprint density at radius 1 is 1.25 bits per heavy atom. The number of thiophene rings is 1. The predicted octanol–water partition coefficient (Wildman–Crippen LogP) is 4.40. The van der Waals surface area contributed by atoms with Gasteiger partial charge in [-0.05, 0) is 29.1 Å². The summed E-state index contributed by atoms with van der Waals surface area (Å²) in [6.07, 6.45) is 1.55. The molecule has 3 rings (SSSR count). The average Bonchev–Trinajstić information content (AvgIpc) is 3.24. The Morgan fingerprint density at radius 2 is 2.04 bits per heavy atom. The van der Waals surface area contributed by atoms with Crippen molar-refractivity contribution in [2.24, 2.45) is 0 Å². The molecule has 124 valence electrons. The summed E-state index contributed by atoms with van der Waals surface area (Å²) in [4.78, 5) is 18.0. The minimum Gasteiger partial charge on any atom is -0.435 e. The van der Waals surface area contributed by atoms with Crippen LogP contribution in [-0.4, -0.2) is 17.5 Å². The van der Waals surface area contributed by atoms with Crippen LogP contribution >= 0.6 is 22.7 Å². The third-order valence-corrected chi connectivity index (χ3v) is 5.10. The minimum atomic E-state index is -2.85. The minimum absolute atomic E-state index is 0.0862. The molecule has 0 aliphatic heterocycles. The molecule has 2 aromatic heterocycles. The van der Waals surface area contributed by atoms with Crippen molar-refractivity contribution in [2.75, 3.05) is 0 Å². The number of thiazole rings is 1. The molecule has 0 aliphatic carbocycles. The molecular weight excluding hydrogens is 354 g/mol. The number of rotatable bonds is 6. The van der Waals surface area contributed by atoms with Crippen molar-refractivity contribution in [3.63, 3.8) is 0 Å². The molecule has 0 radical (unpaired) electrons. The lowest BCUT2D eigenvalue weighted by molar-refractivity contribution is -0.0498. The van der Waals surface area contributed by atoms with E-state index in [9.17, 15) is 13.6 Å². The smallest absolute Gasteiger partial charge is 0.387 e. The Hall–Kier alpha value is -2.32. The average molecular weight is 366 g/mol. The fraction of sp³-hybridized carbons (Fsp3) is 0.125. The summed E-state index contributed by atoms with van der Waals surface area (Å²) < 4.78 is 28.4. The first kappa shape index (κ1) is 16.5. The molecule has 0 atom stereocenters. The SMILES string of the molecule is O=C(NCc1ccc(OC(F)F)cc1)c1cnc(-c2cccs2)s1. The van der Waals surface area contributed by atoms with Gasteiger partial charge in [0.05, 0.1) is 11.1 Å². The number of hydrogen-bond acceptors (Lipinski definition) is 5. The van der Waals surface area contributed by atoms with Crippen LogP contribution < -0.4 is 10.1 Å². The van der Waals surface area contributed by atoms with Gasteiger partial charge in [-0.1, -0.05) is 18.2 Å². The number of amides is 1. The lowest BCUT2D eigenvalue weighted by atomic mass is 10.2. The second-order valence-corrected chi connectivity index (χ2v) is 6.69. The number of carbonyl (C=O) groups excluding carboxylic acids is 1. The van der Waals surface area contributed by atoms with Crippen LogP contribution in [0.2, 0.25) is 0 Å². The largest absolute Gasteiger partial charge is 0.435 e. The van der Waals surface area contributed by atoms with Crippen LogP contribution in [0.4, 0.5) is 8.78 Å². The molecule has 0 bridgehead atoms. The summed E-state index contributed by atoms with van der Waals surface area (Å²) in [5.41, 5.74) is 0.785. The van der Waals surface area contributed by atoms with Gasteiger partial charge in [-0.3, -0.25) is 4.79 Å². The fourth-order valence-electron chi connectivity index (χ4n) is 1.95. The molecule has 3 aromatic rings. The van der Waals surface area contributed by atoms with Gasteiger partial charge in [-0.15, -0.1) is 22.7 Å². The van der Waals surface area contributed by atoms with Gasteiger partial charge in [0.2, 0.25) is 0 Å². The highest BCUT2D eigenvalue weighted by molar-refractivity contribution is 7.21. The van der Waals surface area contributed by atoms with Crippen LogP contribution in [0.3, 0.4) is 0 Å². The number of nitrogens with one attached hydrogen (secondary N) is 1. The number of alkyl halides is 2. The molecule has 0 unspecified atom stereocenters. The number of benzene rings is 1. The van der Waals surface area contributed by atoms with E-state index in [4.69, 9.17) is 0 Å². The zero-order valence-electron chi connectivity index (χ0n) is 12.2. The Morgan fingerprint density at radius 3 is 2.71 bits per heavy atom. The number of halogens is 2. The van der Waals surface area contributed by atoms with Crippen molar-refractivity contribution in [1.29, 1.82) is 0 Å². The summed E-state index contributed by atoms with van der Waals surface area (Å²) in [6, 6.07) is 10.0. The second kappa shape index (κ2) is 7.50. The van der Waals surface area contributed by atoms with Crippen molar-refractivity contribution in [2.45, 2.75) is 13.2 Å². The molecule has 1 aromatic carbocycles. The number of nitrogens with zero attached hydrogens (tertiary/aromatic N) is 1. The quantitative estimate of drug-likeness (QED) is 0.703. The maximum Gasteiger partial charge on any atom is 0.387 e. The monoisotopic (exact) mass is 366 g/mol. The number of aromatic nitrogens is 1. The van der Waals surface area contributed by atoms with E-state index in [1.54, 1.807) is 29.7 Å². The van der Waals surface area contributed by atoms with E-state index < -0.39 is 6.61 Å². The van der Waals surface area contributed by atoms with Gasteiger partial charge in [-0.2, -0.15) is 8.78 Å². The van der Waals surface area contributed by atoms with Crippen LogP contribution in [0.5, 0.6) is 5.75 Å². The lowest BCUT2D eigenvalue weighted by Crippen LogP contribution is -2.21. The molecule has 4 nitrogen and oxygen atoms in total. The lowest BCUT2D eigenvalue weighted by Gasteiger charge is -2.06. The summed E-state index contributed by atoms with van der Waals surface area (Å²) in [5.74, 6) is -0.133. The molecule has 2 heterocycles. The van der Waals surface area contributed by atoms with Crippen LogP contribution in [-0.2, 0) is 6.54 Å². The maximum absolute atomic E-state index is 12.2. The summed E-state index contributed by atoms with van der Waals surface area (Å²) in [6.45, 7) is -2.56. The van der Waals surface area contributed by atoms with Crippen molar-refractivity contribution in [1.82, 2.24) is 10.3 Å². The zero-order chi connectivity index (χ0) is 16.9. The van der Waals surface area contributed by atoms with Crippen molar-refractivity contribution >= 4 is 28.6 Å². The van der Waals surface area contributed by atoms with E-state index in [1.807, 2.05) is 17.5 Å². The van der Waals surface area contributed by atoms with Crippen LogP contribution in [0.15, 0.2) is 48.0 Å². The zero-order valence-corrected chi connectivity index (χ0v) is 13.9. The molecule has 1 N–H and O–H groups in total. The number of hydrogen-bond donors (Lipinski definition) is 1. The molecular formula is C16H12F2N2O2S2. The van der Waals surface area contributed by atoms with Gasteiger partial charge >= 0.3 is 6.61 Å². The summed E-state index contributed by atoms with van der Waals surface area (Å²) >= 11 is 2.89. The highest BCUT2D eigenvalue weighted by Crippen LogP contribution is 2.28. The molecule has 0 saturated heterocycles. The Bertz CT molecular complexity index is 802. The van der Waals surface area contributed by atoms with E-state index in [-0.39, 0.29) is 11.7 Å². The Labute approximate surface area is 144 Å². The highest BCUT2D eigenvalue weighted by Gasteiger charge is 2.12. The Kier molecular flexibility index (Phi) is 5.17. The summed E-state index contributed by atoms with van der Waals surface area (Å²) in [5, 5.41) is 5.55. The van der Waals surface area contributed by atoms with Gasteiger partial charge < -0.3 is 10.1 Å². The van der Waals surface area contributed by atoms with E-state index in [0.29, 0.717) is 11.4 Å². The molecule has 0 aliphatic rings. The van der Waals surface area contributed by atoms with Crippen molar-refractivity contribution in [3.05, 3.63) is 58.4 Å². The van der Waals surface area contributed by atoms with Gasteiger partial charge in [0.15, 0.2) is 0 Å². The first-order chi connectivity index (χ1) is 11.6. The molecule has 1 amide bonds. The topological polar surface area (TPSA) is 51.2 Å². The molecule has 24 heavy (non-hydrogen) atoms. The molecule has 8 heteroatoms. The Balaban J connectivity index is 1.57. The molecule has 0 saturated carbocycles. The van der Waals surface area contributed by atoms with Crippen LogP contribution in [0.1, 0.15) is 15.2 Å². The molecule has 0 fully saturated rings. The number of carbonyl (C=O) groups is 1. The van der Waals surface area contributed by atoms with Gasteiger partial charge in [-0.25, -0.2) is 4.98 Å². The predicted molar refractivity (Wildman–Crippen MR) is 89.7 cm³/mol. The van der Waals surface area contributed by atoms with Crippen molar-refractivity contribution < 1.29 is 18.3 Å². The van der Waals surface area contributed by atoms with Crippen LogP contribution in [0, 0.1) is 0 Å². The molecule has 0 spiro atoms. The van der Waals surface area contributed by atoms with E-state index in [2.05, 4.69) is 15.0 Å². The first-order valence-electron chi connectivity index (χ1n) is 6.93. The third kappa shape index (κ3) is 4.15. The van der Waals surface area contributed by atoms with E-state index >= 15 is 0 Å². The maximum atomic E-state index is 12.2. The van der Waals surface area contributed by atoms with Gasteiger partial charge in [0.25, 0.3) is 5.91 Å². The standard InChI is InChI=1S/C16H12F2N2O2S2/c17-16(18)22-11-5-3-10(4-6-11)8-19-14(21)13-9-20-15(24-13)12-2-1-7-23-12/h1-7,9,16H,8H2,(H,19,21). The number of ether oxygens (including phenoxy) is 1. The van der Waals surface area contributed by atoms with E-state index in [1.165, 1.54) is 23.5 Å².